The Morgan fingerprint density at radius 2 is 1.88 bits per heavy atom. The van der Waals surface area contributed by atoms with Gasteiger partial charge < -0.3 is 14.2 Å². The average Bonchev–Trinajstić information content (AvgIpc) is 2.64. The van der Waals surface area contributed by atoms with Gasteiger partial charge in [-0.05, 0) is 31.3 Å². The molecule has 0 spiro atoms. The second-order valence-electron chi connectivity index (χ2n) is 7.26. The van der Waals surface area contributed by atoms with Gasteiger partial charge in [0.05, 0.1) is 5.92 Å². The standard InChI is InChI=1S/C19H28O6/c1-10-8-17-16(12(3)19(22)25-17)7-6-15(10)18(24-14(5)21)9-11(2)23-13(4)20/h6,10-12,16-18H,7-9H2,1-5H3/t10-,11-,12?,16+,17+,18-/m0/s1. The van der Waals surface area contributed by atoms with Gasteiger partial charge in [0.25, 0.3) is 0 Å². The van der Waals surface area contributed by atoms with Gasteiger partial charge >= 0.3 is 17.9 Å². The topological polar surface area (TPSA) is 78.9 Å². The van der Waals surface area contributed by atoms with Crippen molar-refractivity contribution in [3.63, 3.8) is 0 Å². The Hall–Kier alpha value is -1.85. The number of rotatable bonds is 5. The quantitative estimate of drug-likeness (QED) is 0.430. The average molecular weight is 352 g/mol. The molecule has 140 valence electrons. The smallest absolute Gasteiger partial charge is 0.309 e. The lowest BCUT2D eigenvalue weighted by molar-refractivity contribution is -0.150. The normalized spacial score (nSPS) is 31.1. The Labute approximate surface area is 148 Å². The van der Waals surface area contributed by atoms with Crippen molar-refractivity contribution in [3.8, 4) is 0 Å². The molecular weight excluding hydrogens is 324 g/mol. The molecule has 1 fully saturated rings. The second kappa shape index (κ2) is 8.02. The summed E-state index contributed by atoms with van der Waals surface area (Å²) in [6, 6.07) is 0. The molecule has 25 heavy (non-hydrogen) atoms. The van der Waals surface area contributed by atoms with Crippen molar-refractivity contribution in [2.45, 2.75) is 72.2 Å². The first-order valence-corrected chi connectivity index (χ1v) is 8.93. The molecule has 2 aliphatic rings. The Morgan fingerprint density at radius 1 is 1.24 bits per heavy atom. The van der Waals surface area contributed by atoms with Crippen LogP contribution in [-0.2, 0) is 28.6 Å². The zero-order chi connectivity index (χ0) is 18.7. The highest BCUT2D eigenvalue weighted by atomic mass is 16.6. The van der Waals surface area contributed by atoms with Crippen LogP contribution >= 0.6 is 0 Å². The molecule has 0 aromatic heterocycles. The van der Waals surface area contributed by atoms with E-state index < -0.39 is 6.10 Å². The molecule has 0 N–H and O–H groups in total. The van der Waals surface area contributed by atoms with Crippen LogP contribution in [0.15, 0.2) is 11.6 Å². The Bertz CT molecular complexity index is 566. The summed E-state index contributed by atoms with van der Waals surface area (Å²) >= 11 is 0. The fraction of sp³-hybridized carbons (Fsp3) is 0.737. The zero-order valence-corrected chi connectivity index (χ0v) is 15.6. The summed E-state index contributed by atoms with van der Waals surface area (Å²) in [4.78, 5) is 34.5. The summed E-state index contributed by atoms with van der Waals surface area (Å²) in [5.74, 6) is -0.679. The molecule has 1 aliphatic carbocycles. The summed E-state index contributed by atoms with van der Waals surface area (Å²) in [7, 11) is 0. The zero-order valence-electron chi connectivity index (χ0n) is 15.6. The largest absolute Gasteiger partial charge is 0.463 e. The minimum Gasteiger partial charge on any atom is -0.463 e. The third-order valence-corrected chi connectivity index (χ3v) is 5.13. The van der Waals surface area contributed by atoms with Crippen LogP contribution in [0.3, 0.4) is 0 Å². The van der Waals surface area contributed by atoms with Crippen LogP contribution in [0, 0.1) is 17.8 Å². The van der Waals surface area contributed by atoms with Crippen molar-refractivity contribution in [2.75, 3.05) is 0 Å². The SMILES string of the molecule is CC(=O)O[C@@H](C[C@H](C)OC(C)=O)C1=CC[C@@H]2C(C)C(=O)O[C@@H]2C[C@@H]1C. The first kappa shape index (κ1) is 19.5. The van der Waals surface area contributed by atoms with Gasteiger partial charge in [-0.3, -0.25) is 14.4 Å². The summed E-state index contributed by atoms with van der Waals surface area (Å²) in [6.45, 7) is 8.49. The van der Waals surface area contributed by atoms with Gasteiger partial charge in [-0.1, -0.05) is 19.9 Å². The highest BCUT2D eigenvalue weighted by Crippen LogP contribution is 2.40. The predicted molar refractivity (Wildman–Crippen MR) is 90.4 cm³/mol. The van der Waals surface area contributed by atoms with Crippen LogP contribution in [0.1, 0.15) is 53.9 Å². The van der Waals surface area contributed by atoms with E-state index in [0.717, 1.165) is 12.0 Å². The molecule has 0 aromatic rings. The lowest BCUT2D eigenvalue weighted by atomic mass is 9.87. The van der Waals surface area contributed by atoms with Crippen LogP contribution in [0.4, 0.5) is 0 Å². The van der Waals surface area contributed by atoms with Gasteiger partial charge in [0.15, 0.2) is 0 Å². The predicted octanol–water partition coefficient (Wildman–Crippen LogP) is 2.79. The first-order valence-electron chi connectivity index (χ1n) is 8.93. The van der Waals surface area contributed by atoms with Gasteiger partial charge in [-0.2, -0.15) is 0 Å². The molecule has 0 radical (unpaired) electrons. The van der Waals surface area contributed by atoms with Gasteiger partial charge in [0, 0.05) is 26.2 Å². The van der Waals surface area contributed by atoms with Crippen molar-refractivity contribution in [1.82, 2.24) is 0 Å². The molecule has 1 unspecified atom stereocenters. The summed E-state index contributed by atoms with van der Waals surface area (Å²) in [5, 5.41) is 0. The van der Waals surface area contributed by atoms with Crippen molar-refractivity contribution in [2.24, 2.45) is 17.8 Å². The van der Waals surface area contributed by atoms with Gasteiger partial charge in [-0.25, -0.2) is 0 Å². The third-order valence-electron chi connectivity index (χ3n) is 5.13. The van der Waals surface area contributed by atoms with Crippen LogP contribution < -0.4 is 0 Å². The number of ether oxygens (including phenoxy) is 3. The van der Waals surface area contributed by atoms with E-state index >= 15 is 0 Å². The number of fused-ring (bicyclic) bond motifs is 1. The van der Waals surface area contributed by atoms with E-state index in [4.69, 9.17) is 14.2 Å². The maximum atomic E-state index is 11.8. The fourth-order valence-electron chi connectivity index (χ4n) is 3.91. The summed E-state index contributed by atoms with van der Waals surface area (Å²) in [5.41, 5.74) is 1.02. The monoisotopic (exact) mass is 352 g/mol. The molecule has 2 rings (SSSR count). The molecule has 1 saturated heterocycles. The molecule has 0 saturated carbocycles. The Morgan fingerprint density at radius 3 is 2.48 bits per heavy atom. The van der Waals surface area contributed by atoms with Crippen LogP contribution in [0.25, 0.3) is 0 Å². The number of allylic oxidation sites excluding steroid dienone is 1. The number of esters is 3. The van der Waals surface area contributed by atoms with E-state index in [2.05, 4.69) is 13.0 Å². The third kappa shape index (κ3) is 4.83. The molecular formula is C19H28O6. The first-order chi connectivity index (χ1) is 11.7. The number of carbonyl (C=O) groups is 3. The highest BCUT2D eigenvalue weighted by Gasteiger charge is 2.44. The number of hydrogen-bond acceptors (Lipinski definition) is 6. The highest BCUT2D eigenvalue weighted by molar-refractivity contribution is 5.75. The van der Waals surface area contributed by atoms with E-state index in [9.17, 15) is 14.4 Å². The van der Waals surface area contributed by atoms with Crippen LogP contribution in [-0.4, -0.2) is 36.2 Å². The molecule has 1 heterocycles. The van der Waals surface area contributed by atoms with Gasteiger partial charge in [0.2, 0.25) is 0 Å². The lowest BCUT2D eigenvalue weighted by Gasteiger charge is -2.27. The summed E-state index contributed by atoms with van der Waals surface area (Å²) in [6.07, 6.45) is 3.06. The van der Waals surface area contributed by atoms with Crippen LogP contribution in [0.2, 0.25) is 0 Å². The maximum Gasteiger partial charge on any atom is 0.309 e. The number of hydrogen-bond donors (Lipinski definition) is 0. The van der Waals surface area contributed by atoms with E-state index in [1.54, 1.807) is 6.92 Å². The summed E-state index contributed by atoms with van der Waals surface area (Å²) < 4.78 is 16.3. The van der Waals surface area contributed by atoms with E-state index in [1.165, 1.54) is 13.8 Å². The van der Waals surface area contributed by atoms with E-state index in [0.29, 0.717) is 12.8 Å². The number of carbonyl (C=O) groups excluding carboxylic acids is 3. The van der Waals surface area contributed by atoms with Crippen molar-refractivity contribution in [3.05, 3.63) is 11.6 Å². The molecule has 6 heteroatoms. The minimum atomic E-state index is -0.438. The maximum absolute atomic E-state index is 11.8. The van der Waals surface area contributed by atoms with Crippen LogP contribution in [0.5, 0.6) is 0 Å². The van der Waals surface area contributed by atoms with Gasteiger partial charge in [0.1, 0.15) is 18.3 Å². The lowest BCUT2D eigenvalue weighted by Crippen LogP contribution is -2.29. The van der Waals surface area contributed by atoms with Crippen molar-refractivity contribution < 1.29 is 28.6 Å². The molecule has 0 bridgehead atoms. The second-order valence-corrected chi connectivity index (χ2v) is 7.26. The van der Waals surface area contributed by atoms with Crippen molar-refractivity contribution >= 4 is 17.9 Å². The van der Waals surface area contributed by atoms with E-state index in [-0.39, 0.29) is 47.9 Å². The Kier molecular flexibility index (Phi) is 6.25. The molecule has 0 aromatic carbocycles. The molecule has 0 amide bonds. The van der Waals surface area contributed by atoms with Gasteiger partial charge in [-0.15, -0.1) is 0 Å². The van der Waals surface area contributed by atoms with E-state index in [1.807, 2.05) is 6.92 Å². The fourth-order valence-corrected chi connectivity index (χ4v) is 3.91. The molecule has 6 atom stereocenters. The molecule has 6 nitrogen and oxygen atoms in total. The Balaban J connectivity index is 2.17. The minimum absolute atomic E-state index is 0.0879. The van der Waals surface area contributed by atoms with Crippen molar-refractivity contribution in [1.29, 1.82) is 0 Å². The molecule has 1 aliphatic heterocycles.